The molecule has 0 radical (unpaired) electrons. The van der Waals surface area contributed by atoms with Crippen LogP contribution in [0, 0.1) is 0 Å². The Kier molecular flexibility index (Phi) is 3.50. The van der Waals surface area contributed by atoms with Crippen LogP contribution in [0.5, 0.6) is 0 Å². The maximum atomic E-state index is 12.3. The van der Waals surface area contributed by atoms with E-state index in [1.54, 1.807) is 18.7 Å². The smallest absolute Gasteiger partial charge is 0.262 e. The Balaban J connectivity index is 2.20. The molecule has 0 saturated carbocycles. The minimum Gasteiger partial charge on any atom is -0.339 e. The number of nitrogens with zero attached hydrogens (tertiary/aromatic N) is 3. The van der Waals surface area contributed by atoms with Crippen LogP contribution in [0.3, 0.4) is 0 Å². The Morgan fingerprint density at radius 2 is 2.35 bits per heavy atom. The Hall–Kier alpha value is -0.920. The van der Waals surface area contributed by atoms with Crippen LogP contribution in [0.25, 0.3) is 0 Å². The van der Waals surface area contributed by atoms with Gasteiger partial charge in [-0.25, -0.2) is 13.4 Å². The number of hydrogen-bond acceptors (Lipinski definition) is 4. The van der Waals surface area contributed by atoms with E-state index in [-0.39, 0.29) is 11.1 Å². The van der Waals surface area contributed by atoms with Gasteiger partial charge in [0.05, 0.1) is 6.33 Å². The van der Waals surface area contributed by atoms with E-state index in [1.807, 2.05) is 0 Å². The molecular weight excluding hydrogens is 240 g/mol. The fourth-order valence-electron chi connectivity index (χ4n) is 2.01. The number of aryl methyl sites for hydroxylation is 1. The van der Waals surface area contributed by atoms with Crippen molar-refractivity contribution in [2.45, 2.75) is 23.9 Å². The van der Waals surface area contributed by atoms with Gasteiger partial charge in [0, 0.05) is 32.9 Å². The molecule has 1 aromatic heterocycles. The summed E-state index contributed by atoms with van der Waals surface area (Å²) in [7, 11) is -0.0716. The minimum absolute atomic E-state index is 0.0238. The molecule has 1 aliphatic rings. The van der Waals surface area contributed by atoms with E-state index in [0.29, 0.717) is 6.54 Å². The first-order valence-corrected chi connectivity index (χ1v) is 7.12. The summed E-state index contributed by atoms with van der Waals surface area (Å²) in [5, 5.41) is 3.33. The molecule has 0 aromatic carbocycles. The van der Waals surface area contributed by atoms with Crippen LogP contribution in [0.15, 0.2) is 17.6 Å². The molecule has 17 heavy (non-hydrogen) atoms. The molecule has 2 rings (SSSR count). The number of hydrogen-bond donors (Lipinski definition) is 1. The van der Waals surface area contributed by atoms with Crippen molar-refractivity contribution in [3.05, 3.63) is 12.5 Å². The fraction of sp³-hybridized carbons (Fsp3) is 0.700. The summed E-state index contributed by atoms with van der Waals surface area (Å²) in [4.78, 5) is 3.92. The molecule has 0 amide bonds. The van der Waals surface area contributed by atoms with Crippen molar-refractivity contribution in [3.8, 4) is 0 Å². The molecule has 0 spiro atoms. The minimum atomic E-state index is -3.46. The monoisotopic (exact) mass is 258 g/mol. The predicted octanol–water partition coefficient (Wildman–Crippen LogP) is -0.207. The van der Waals surface area contributed by atoms with Crippen LogP contribution in [0.1, 0.15) is 12.8 Å². The number of sulfonamides is 1. The average molecular weight is 258 g/mol. The van der Waals surface area contributed by atoms with Crippen molar-refractivity contribution >= 4 is 10.0 Å². The Labute approximate surface area is 102 Å². The van der Waals surface area contributed by atoms with E-state index >= 15 is 0 Å². The summed E-state index contributed by atoms with van der Waals surface area (Å²) in [6.07, 6.45) is 4.93. The van der Waals surface area contributed by atoms with E-state index in [9.17, 15) is 8.42 Å². The standard InChI is InChI=1S/C10H18N4O2S/c1-13-7-10(12-8-13)17(15,16)14(2)9-4-3-5-11-6-9/h7-9,11H,3-6H2,1-2H3. The van der Waals surface area contributed by atoms with Gasteiger partial charge in [0.15, 0.2) is 5.03 Å². The lowest BCUT2D eigenvalue weighted by Crippen LogP contribution is -2.46. The molecule has 0 bridgehead atoms. The predicted molar refractivity (Wildman–Crippen MR) is 64.0 cm³/mol. The zero-order chi connectivity index (χ0) is 12.5. The van der Waals surface area contributed by atoms with E-state index < -0.39 is 10.0 Å². The third-order valence-corrected chi connectivity index (χ3v) is 4.91. The van der Waals surface area contributed by atoms with Crippen molar-refractivity contribution in [3.63, 3.8) is 0 Å². The number of imidazole rings is 1. The normalized spacial score (nSPS) is 21.9. The largest absolute Gasteiger partial charge is 0.339 e. The first-order chi connectivity index (χ1) is 8.01. The van der Waals surface area contributed by atoms with Crippen LogP contribution in [0.4, 0.5) is 0 Å². The van der Waals surface area contributed by atoms with E-state index in [2.05, 4.69) is 10.3 Å². The van der Waals surface area contributed by atoms with Gasteiger partial charge in [-0.15, -0.1) is 0 Å². The summed E-state index contributed by atoms with van der Waals surface area (Å²) in [5.74, 6) is 0. The van der Waals surface area contributed by atoms with E-state index in [1.165, 1.54) is 16.8 Å². The number of likely N-dealkylation sites (N-methyl/N-ethyl adjacent to an activating group) is 1. The van der Waals surface area contributed by atoms with Crippen molar-refractivity contribution < 1.29 is 8.42 Å². The molecule has 6 nitrogen and oxygen atoms in total. The van der Waals surface area contributed by atoms with Crippen LogP contribution in [-0.2, 0) is 17.1 Å². The number of nitrogens with one attached hydrogen (secondary N) is 1. The highest BCUT2D eigenvalue weighted by atomic mass is 32.2. The molecule has 7 heteroatoms. The molecule has 1 N–H and O–H groups in total. The highest BCUT2D eigenvalue weighted by molar-refractivity contribution is 7.89. The Bertz CT molecular complexity index is 476. The van der Waals surface area contributed by atoms with Gasteiger partial charge in [-0.3, -0.25) is 0 Å². The van der Waals surface area contributed by atoms with Gasteiger partial charge in [-0.1, -0.05) is 0 Å². The molecule has 96 valence electrons. The summed E-state index contributed by atoms with van der Waals surface area (Å²) in [6, 6.07) is 0.0238. The number of aromatic nitrogens is 2. The van der Waals surface area contributed by atoms with Crippen molar-refractivity contribution in [1.29, 1.82) is 0 Å². The second-order valence-corrected chi connectivity index (χ2v) is 6.34. The third-order valence-electron chi connectivity index (χ3n) is 3.11. The molecule has 0 aliphatic carbocycles. The van der Waals surface area contributed by atoms with Crippen molar-refractivity contribution in [2.75, 3.05) is 20.1 Å². The maximum absolute atomic E-state index is 12.3. The summed E-state index contributed by atoms with van der Waals surface area (Å²) < 4.78 is 27.6. The van der Waals surface area contributed by atoms with Gasteiger partial charge in [0.2, 0.25) is 0 Å². The van der Waals surface area contributed by atoms with Crippen molar-refractivity contribution in [1.82, 2.24) is 19.2 Å². The highest BCUT2D eigenvalue weighted by Crippen LogP contribution is 2.17. The lowest BCUT2D eigenvalue weighted by Gasteiger charge is -2.30. The lowest BCUT2D eigenvalue weighted by atomic mass is 10.1. The maximum Gasteiger partial charge on any atom is 0.262 e. The van der Waals surface area contributed by atoms with Gasteiger partial charge in [0.25, 0.3) is 10.0 Å². The Morgan fingerprint density at radius 1 is 1.59 bits per heavy atom. The second kappa shape index (κ2) is 4.75. The van der Waals surface area contributed by atoms with Gasteiger partial charge < -0.3 is 9.88 Å². The summed E-state index contributed by atoms with van der Waals surface area (Å²) >= 11 is 0. The fourth-order valence-corrected chi connectivity index (χ4v) is 3.36. The lowest BCUT2D eigenvalue weighted by molar-refractivity contribution is 0.299. The number of piperidine rings is 1. The second-order valence-electron chi connectivity index (χ2n) is 4.40. The van der Waals surface area contributed by atoms with Gasteiger partial charge >= 0.3 is 0 Å². The Morgan fingerprint density at radius 3 is 2.88 bits per heavy atom. The molecular formula is C10H18N4O2S. The van der Waals surface area contributed by atoms with E-state index in [4.69, 9.17) is 0 Å². The molecule has 2 heterocycles. The van der Waals surface area contributed by atoms with Crippen molar-refractivity contribution in [2.24, 2.45) is 7.05 Å². The first kappa shape index (κ1) is 12.5. The van der Waals surface area contributed by atoms with Gasteiger partial charge in [-0.05, 0) is 19.4 Å². The zero-order valence-corrected chi connectivity index (χ0v) is 10.9. The summed E-state index contributed by atoms with van der Waals surface area (Å²) in [5.41, 5.74) is 0. The number of rotatable bonds is 3. The van der Waals surface area contributed by atoms with Gasteiger partial charge in [-0.2, -0.15) is 4.31 Å². The van der Waals surface area contributed by atoms with Crippen LogP contribution >= 0.6 is 0 Å². The zero-order valence-electron chi connectivity index (χ0n) is 10.1. The molecule has 1 aliphatic heterocycles. The average Bonchev–Trinajstić information content (AvgIpc) is 2.77. The van der Waals surface area contributed by atoms with Crippen LogP contribution < -0.4 is 5.32 Å². The summed E-state index contributed by atoms with van der Waals surface area (Å²) in [6.45, 7) is 1.68. The van der Waals surface area contributed by atoms with Crippen LogP contribution in [0.2, 0.25) is 0 Å². The quantitative estimate of drug-likeness (QED) is 0.815. The third kappa shape index (κ3) is 2.51. The SMILES string of the molecule is CN(C1CCCNC1)S(=O)(=O)c1cn(C)cn1. The van der Waals surface area contributed by atoms with Crippen LogP contribution in [-0.4, -0.2) is 48.5 Å². The highest BCUT2D eigenvalue weighted by Gasteiger charge is 2.30. The molecule has 1 unspecified atom stereocenters. The van der Waals surface area contributed by atoms with E-state index in [0.717, 1.165) is 19.4 Å². The molecule has 1 aromatic rings. The van der Waals surface area contributed by atoms with Gasteiger partial charge in [0.1, 0.15) is 0 Å². The molecule has 1 fully saturated rings. The first-order valence-electron chi connectivity index (χ1n) is 5.68. The molecule has 1 atom stereocenters. The topological polar surface area (TPSA) is 67.2 Å². The molecule has 1 saturated heterocycles.